The number of hydrogen-bond donors (Lipinski definition) is 1. The first-order valence-electron chi connectivity index (χ1n) is 11.3. The van der Waals surface area contributed by atoms with E-state index in [4.69, 9.17) is 14.3 Å². The Kier molecular flexibility index (Phi) is 6.77. The van der Waals surface area contributed by atoms with Gasteiger partial charge in [0.15, 0.2) is 10.8 Å². The number of ether oxygens (including phenoxy) is 1. The van der Waals surface area contributed by atoms with Crippen molar-refractivity contribution in [2.75, 3.05) is 0 Å². The minimum atomic E-state index is -0.790. The van der Waals surface area contributed by atoms with E-state index in [0.29, 0.717) is 19.6 Å². The predicted octanol–water partition coefficient (Wildman–Crippen LogP) is 6.52. The second-order valence-electron chi connectivity index (χ2n) is 8.18. The summed E-state index contributed by atoms with van der Waals surface area (Å²) in [5.74, 6) is 0.750. The molecule has 0 saturated carbocycles. The van der Waals surface area contributed by atoms with Gasteiger partial charge >= 0.3 is 5.97 Å². The quantitative estimate of drug-likeness (QED) is 0.244. The minimum Gasteiger partial charge on any atom is -0.487 e. The summed E-state index contributed by atoms with van der Waals surface area (Å²) in [4.78, 5) is 15.7. The standard InChI is InChI=1S/C28H24N2O4S/c31-27(32)13-10-22-16-30(17-25(22)21-5-2-1-3-6-21)15-20-8-11-24(12-9-20)34-18-23-19-35-28(29-23)26-7-4-14-33-26/h1-9,11-12,14,16-17,19H,10,13,15,18H2,(H,31,32). The van der Waals surface area contributed by atoms with Crippen LogP contribution >= 0.6 is 11.3 Å². The van der Waals surface area contributed by atoms with Crippen LogP contribution in [0.2, 0.25) is 0 Å². The molecule has 176 valence electrons. The second kappa shape index (κ2) is 10.4. The van der Waals surface area contributed by atoms with Crippen molar-refractivity contribution in [1.29, 1.82) is 0 Å². The maximum absolute atomic E-state index is 11.1. The molecule has 0 aliphatic heterocycles. The monoisotopic (exact) mass is 484 g/mol. The number of aromatic nitrogens is 2. The smallest absolute Gasteiger partial charge is 0.303 e. The van der Waals surface area contributed by atoms with E-state index in [-0.39, 0.29) is 6.42 Å². The lowest BCUT2D eigenvalue weighted by Crippen LogP contribution is -1.99. The molecule has 7 heteroatoms. The third-order valence-corrected chi connectivity index (χ3v) is 6.52. The summed E-state index contributed by atoms with van der Waals surface area (Å²) >= 11 is 1.53. The first-order chi connectivity index (χ1) is 17.1. The van der Waals surface area contributed by atoms with E-state index in [2.05, 4.69) is 34.1 Å². The number of thiazole rings is 1. The number of hydrogen-bond acceptors (Lipinski definition) is 5. The van der Waals surface area contributed by atoms with Crippen LogP contribution in [0.3, 0.4) is 0 Å². The van der Waals surface area contributed by atoms with Gasteiger partial charge in [-0.25, -0.2) is 4.98 Å². The Morgan fingerprint density at radius 1 is 1.03 bits per heavy atom. The first-order valence-corrected chi connectivity index (χ1v) is 12.2. The van der Waals surface area contributed by atoms with E-state index in [0.717, 1.165) is 44.5 Å². The van der Waals surface area contributed by atoms with Crippen LogP contribution in [-0.4, -0.2) is 20.6 Å². The van der Waals surface area contributed by atoms with Crippen LogP contribution in [0.1, 0.15) is 23.2 Å². The Labute approximate surface area is 207 Å². The zero-order valence-corrected chi connectivity index (χ0v) is 19.8. The molecule has 0 amide bonds. The minimum absolute atomic E-state index is 0.109. The van der Waals surface area contributed by atoms with Crippen molar-refractivity contribution < 1.29 is 19.1 Å². The topological polar surface area (TPSA) is 77.5 Å². The molecule has 0 aliphatic rings. The Balaban J connectivity index is 1.24. The van der Waals surface area contributed by atoms with E-state index < -0.39 is 5.97 Å². The number of carboxylic acids is 1. The highest BCUT2D eigenvalue weighted by molar-refractivity contribution is 7.13. The highest BCUT2D eigenvalue weighted by atomic mass is 32.1. The lowest BCUT2D eigenvalue weighted by molar-refractivity contribution is -0.136. The number of aryl methyl sites for hydroxylation is 1. The molecule has 0 radical (unpaired) electrons. The van der Waals surface area contributed by atoms with Gasteiger partial charge in [0.1, 0.15) is 12.4 Å². The Hall–Kier alpha value is -4.10. The fraction of sp³-hybridized carbons (Fsp3) is 0.143. The van der Waals surface area contributed by atoms with Gasteiger partial charge in [0, 0.05) is 36.3 Å². The molecule has 0 atom stereocenters. The van der Waals surface area contributed by atoms with Gasteiger partial charge in [-0.1, -0.05) is 42.5 Å². The largest absolute Gasteiger partial charge is 0.487 e. The third-order valence-electron chi connectivity index (χ3n) is 5.61. The Morgan fingerprint density at radius 3 is 2.60 bits per heavy atom. The highest BCUT2D eigenvalue weighted by Crippen LogP contribution is 2.27. The van der Waals surface area contributed by atoms with Crippen LogP contribution in [0, 0.1) is 0 Å². The Bertz CT molecular complexity index is 1390. The van der Waals surface area contributed by atoms with Gasteiger partial charge in [0.25, 0.3) is 0 Å². The highest BCUT2D eigenvalue weighted by Gasteiger charge is 2.12. The fourth-order valence-electron chi connectivity index (χ4n) is 3.91. The average molecular weight is 485 g/mol. The zero-order chi connectivity index (χ0) is 24.0. The van der Waals surface area contributed by atoms with Gasteiger partial charge in [-0.3, -0.25) is 4.79 Å². The van der Waals surface area contributed by atoms with Crippen LogP contribution in [0.5, 0.6) is 5.75 Å². The molecule has 5 rings (SSSR count). The first kappa shape index (κ1) is 22.7. The maximum atomic E-state index is 11.1. The van der Waals surface area contributed by atoms with Crippen LogP contribution in [-0.2, 0) is 24.4 Å². The van der Waals surface area contributed by atoms with Crippen molar-refractivity contribution in [3.63, 3.8) is 0 Å². The van der Waals surface area contributed by atoms with Crippen LogP contribution in [0.15, 0.2) is 95.2 Å². The molecule has 2 aromatic carbocycles. The van der Waals surface area contributed by atoms with Crippen molar-refractivity contribution in [2.45, 2.75) is 26.0 Å². The van der Waals surface area contributed by atoms with Crippen molar-refractivity contribution in [3.8, 4) is 27.6 Å². The molecule has 0 unspecified atom stereocenters. The molecule has 3 heterocycles. The maximum Gasteiger partial charge on any atom is 0.303 e. The summed E-state index contributed by atoms with van der Waals surface area (Å²) in [5, 5.41) is 12.0. The molecule has 0 saturated heterocycles. The van der Waals surface area contributed by atoms with Crippen molar-refractivity contribution in [2.24, 2.45) is 0 Å². The predicted molar refractivity (Wildman–Crippen MR) is 136 cm³/mol. The van der Waals surface area contributed by atoms with Crippen LogP contribution < -0.4 is 4.74 Å². The van der Waals surface area contributed by atoms with E-state index >= 15 is 0 Å². The van der Waals surface area contributed by atoms with E-state index in [1.807, 2.05) is 60.0 Å². The second-order valence-corrected chi connectivity index (χ2v) is 9.04. The molecular weight excluding hydrogens is 460 g/mol. The fourth-order valence-corrected chi connectivity index (χ4v) is 4.68. The van der Waals surface area contributed by atoms with Crippen LogP contribution in [0.25, 0.3) is 21.9 Å². The molecule has 3 aromatic heterocycles. The summed E-state index contributed by atoms with van der Waals surface area (Å²) < 4.78 is 13.4. The molecule has 1 N–H and O–H groups in total. The third kappa shape index (κ3) is 5.70. The van der Waals surface area contributed by atoms with Crippen molar-refractivity contribution in [1.82, 2.24) is 9.55 Å². The summed E-state index contributed by atoms with van der Waals surface area (Å²) in [6, 6.07) is 21.8. The molecule has 0 bridgehead atoms. The summed E-state index contributed by atoms with van der Waals surface area (Å²) in [5.41, 5.74) is 5.19. The summed E-state index contributed by atoms with van der Waals surface area (Å²) in [6.07, 6.45) is 6.39. The summed E-state index contributed by atoms with van der Waals surface area (Å²) in [7, 11) is 0. The summed E-state index contributed by atoms with van der Waals surface area (Å²) in [6.45, 7) is 1.08. The van der Waals surface area contributed by atoms with E-state index in [1.165, 1.54) is 11.3 Å². The number of rotatable bonds is 10. The van der Waals surface area contributed by atoms with Gasteiger partial charge in [0.05, 0.1) is 12.0 Å². The SMILES string of the molecule is O=C(O)CCc1cn(Cc2ccc(OCc3csc(-c4ccco4)n3)cc2)cc1-c1ccccc1. The number of benzene rings is 2. The number of carbonyl (C=O) groups is 1. The van der Waals surface area contributed by atoms with E-state index in [9.17, 15) is 4.79 Å². The molecule has 0 aliphatic carbocycles. The van der Waals surface area contributed by atoms with Gasteiger partial charge in [-0.2, -0.15) is 0 Å². The lowest BCUT2D eigenvalue weighted by Gasteiger charge is -2.07. The molecule has 0 fully saturated rings. The van der Waals surface area contributed by atoms with Crippen molar-refractivity contribution in [3.05, 3.63) is 108 Å². The molecule has 35 heavy (non-hydrogen) atoms. The average Bonchev–Trinajstić information content (AvgIpc) is 3.64. The number of aliphatic carboxylic acids is 1. The number of furan rings is 1. The van der Waals surface area contributed by atoms with Crippen LogP contribution in [0.4, 0.5) is 0 Å². The molecular formula is C28H24N2O4S. The Morgan fingerprint density at radius 2 is 1.86 bits per heavy atom. The molecule has 0 spiro atoms. The van der Waals surface area contributed by atoms with Gasteiger partial charge in [0.2, 0.25) is 0 Å². The van der Waals surface area contributed by atoms with E-state index in [1.54, 1.807) is 6.26 Å². The lowest BCUT2D eigenvalue weighted by atomic mass is 10.0. The molecule has 6 nitrogen and oxygen atoms in total. The zero-order valence-electron chi connectivity index (χ0n) is 19.0. The van der Waals surface area contributed by atoms with Gasteiger partial charge < -0.3 is 18.8 Å². The number of carboxylic acid groups (broad SMARTS) is 1. The van der Waals surface area contributed by atoms with Gasteiger partial charge in [-0.05, 0) is 47.4 Å². The van der Waals surface area contributed by atoms with Gasteiger partial charge in [-0.15, -0.1) is 11.3 Å². The molecule has 5 aromatic rings. The van der Waals surface area contributed by atoms with Crippen molar-refractivity contribution >= 4 is 17.3 Å². The number of nitrogens with zero attached hydrogens (tertiary/aromatic N) is 2. The normalized spacial score (nSPS) is 11.0.